The molecule has 1 aliphatic heterocycles. The van der Waals surface area contributed by atoms with Crippen LogP contribution in [-0.2, 0) is 6.42 Å². The highest BCUT2D eigenvalue weighted by Gasteiger charge is 2.31. The number of furan rings is 1. The van der Waals surface area contributed by atoms with Crippen LogP contribution in [0.1, 0.15) is 60.3 Å². The van der Waals surface area contributed by atoms with E-state index in [9.17, 15) is 9.59 Å². The van der Waals surface area contributed by atoms with Gasteiger partial charge in [0, 0.05) is 25.6 Å². The summed E-state index contributed by atoms with van der Waals surface area (Å²) in [5.74, 6) is -0.766. The predicted octanol–water partition coefficient (Wildman–Crippen LogP) is 2.80. The van der Waals surface area contributed by atoms with Crippen LogP contribution in [0.3, 0.4) is 0 Å². The predicted molar refractivity (Wildman–Crippen MR) is 74.0 cm³/mol. The van der Waals surface area contributed by atoms with Crippen molar-refractivity contribution >= 4 is 11.9 Å². The number of hydrogen-bond acceptors (Lipinski definition) is 3. The van der Waals surface area contributed by atoms with E-state index in [1.54, 1.807) is 4.90 Å². The lowest BCUT2D eigenvalue weighted by molar-refractivity contribution is 0.0550. The number of aromatic carboxylic acids is 1. The molecule has 1 aromatic rings. The van der Waals surface area contributed by atoms with E-state index in [2.05, 4.69) is 13.8 Å². The van der Waals surface area contributed by atoms with E-state index in [4.69, 9.17) is 9.52 Å². The zero-order valence-electron chi connectivity index (χ0n) is 12.2. The number of aryl methyl sites for hydroxylation is 1. The van der Waals surface area contributed by atoms with E-state index in [1.807, 2.05) is 6.92 Å². The van der Waals surface area contributed by atoms with Gasteiger partial charge in [-0.25, -0.2) is 4.79 Å². The van der Waals surface area contributed by atoms with Gasteiger partial charge in [-0.3, -0.25) is 4.79 Å². The maximum Gasteiger partial charge on any atom is 0.339 e. The van der Waals surface area contributed by atoms with Gasteiger partial charge in [0.25, 0.3) is 5.91 Å². The molecule has 0 aromatic carbocycles. The van der Waals surface area contributed by atoms with E-state index in [1.165, 1.54) is 6.07 Å². The molecule has 20 heavy (non-hydrogen) atoms. The fraction of sp³-hybridized carbons (Fsp3) is 0.600. The molecule has 0 atom stereocenters. The molecule has 1 saturated heterocycles. The summed E-state index contributed by atoms with van der Waals surface area (Å²) in [7, 11) is 0. The Kier molecular flexibility index (Phi) is 3.88. The number of piperidine rings is 1. The summed E-state index contributed by atoms with van der Waals surface area (Å²) in [5.41, 5.74) is 0.191. The first kappa shape index (κ1) is 14.6. The average Bonchev–Trinajstić information content (AvgIpc) is 2.80. The maximum atomic E-state index is 12.4. The number of nitrogens with zero attached hydrogens (tertiary/aromatic N) is 1. The summed E-state index contributed by atoms with van der Waals surface area (Å²) in [5, 5.41) is 9.10. The summed E-state index contributed by atoms with van der Waals surface area (Å²) in [6.45, 7) is 7.45. The first-order valence-corrected chi connectivity index (χ1v) is 6.99. The minimum atomic E-state index is -1.05. The molecule has 0 bridgehead atoms. The number of amides is 1. The molecule has 0 radical (unpaired) electrons. The fourth-order valence-electron chi connectivity index (χ4n) is 2.73. The molecule has 1 fully saturated rings. The molecule has 1 amide bonds. The molecule has 2 rings (SSSR count). The molecule has 5 heteroatoms. The van der Waals surface area contributed by atoms with Crippen molar-refractivity contribution in [3.63, 3.8) is 0 Å². The van der Waals surface area contributed by atoms with Crippen LogP contribution in [0.5, 0.6) is 0 Å². The molecular weight excluding hydrogens is 258 g/mol. The standard InChI is InChI=1S/C15H21NO4/c1-4-11-10(14(18)19)8-12(20-11)13(17)16-7-5-6-15(2,3)9-16/h8H,4-7,9H2,1-3H3,(H,18,19). The van der Waals surface area contributed by atoms with Crippen molar-refractivity contribution in [2.24, 2.45) is 5.41 Å². The summed E-state index contributed by atoms with van der Waals surface area (Å²) in [6.07, 6.45) is 2.52. The van der Waals surface area contributed by atoms with Gasteiger partial charge in [-0.15, -0.1) is 0 Å². The van der Waals surface area contributed by atoms with Crippen LogP contribution < -0.4 is 0 Å². The van der Waals surface area contributed by atoms with Crippen LogP contribution in [0, 0.1) is 5.41 Å². The lowest BCUT2D eigenvalue weighted by Gasteiger charge is -2.37. The van der Waals surface area contributed by atoms with Gasteiger partial charge in [0.2, 0.25) is 0 Å². The van der Waals surface area contributed by atoms with Crippen molar-refractivity contribution in [2.75, 3.05) is 13.1 Å². The highest BCUT2D eigenvalue weighted by molar-refractivity contribution is 5.96. The van der Waals surface area contributed by atoms with Crippen LogP contribution >= 0.6 is 0 Å². The molecule has 0 saturated carbocycles. The molecule has 110 valence electrons. The Morgan fingerprint density at radius 3 is 2.65 bits per heavy atom. The molecule has 1 aliphatic rings. The SMILES string of the molecule is CCc1oc(C(=O)N2CCCC(C)(C)C2)cc1C(=O)O. The molecule has 1 N–H and O–H groups in total. The third-order valence-corrected chi connectivity index (χ3v) is 3.76. The van der Waals surface area contributed by atoms with E-state index >= 15 is 0 Å². The third-order valence-electron chi connectivity index (χ3n) is 3.76. The molecule has 0 spiro atoms. The van der Waals surface area contributed by atoms with Crippen molar-refractivity contribution < 1.29 is 19.1 Å². The fourth-order valence-corrected chi connectivity index (χ4v) is 2.73. The van der Waals surface area contributed by atoms with Gasteiger partial charge in [-0.2, -0.15) is 0 Å². The van der Waals surface area contributed by atoms with Gasteiger partial charge in [0.05, 0.1) is 0 Å². The number of carbonyl (C=O) groups excluding carboxylic acids is 1. The van der Waals surface area contributed by atoms with E-state index in [0.29, 0.717) is 25.3 Å². The molecule has 1 aromatic heterocycles. The maximum absolute atomic E-state index is 12.4. The van der Waals surface area contributed by atoms with Gasteiger partial charge in [0.1, 0.15) is 11.3 Å². The molecular formula is C15H21NO4. The highest BCUT2D eigenvalue weighted by Crippen LogP contribution is 2.29. The number of carboxylic acids is 1. The van der Waals surface area contributed by atoms with Crippen LogP contribution in [0.15, 0.2) is 10.5 Å². The Labute approximate surface area is 118 Å². The topological polar surface area (TPSA) is 70.8 Å². The van der Waals surface area contributed by atoms with Crippen LogP contribution in [-0.4, -0.2) is 35.0 Å². The number of rotatable bonds is 3. The Balaban J connectivity index is 2.23. The average molecular weight is 279 g/mol. The molecule has 5 nitrogen and oxygen atoms in total. The van der Waals surface area contributed by atoms with Crippen LogP contribution in [0.25, 0.3) is 0 Å². The summed E-state index contributed by atoms with van der Waals surface area (Å²) < 4.78 is 5.44. The Hall–Kier alpha value is -1.78. The lowest BCUT2D eigenvalue weighted by Crippen LogP contribution is -2.43. The van der Waals surface area contributed by atoms with Crippen molar-refractivity contribution in [3.05, 3.63) is 23.2 Å². The monoisotopic (exact) mass is 279 g/mol. The zero-order chi connectivity index (χ0) is 14.9. The third kappa shape index (κ3) is 2.86. The van der Waals surface area contributed by atoms with Gasteiger partial charge < -0.3 is 14.4 Å². The Bertz CT molecular complexity index is 530. The van der Waals surface area contributed by atoms with Gasteiger partial charge in [-0.05, 0) is 18.3 Å². The Morgan fingerprint density at radius 1 is 1.45 bits per heavy atom. The number of likely N-dealkylation sites (tertiary alicyclic amines) is 1. The smallest absolute Gasteiger partial charge is 0.339 e. The second kappa shape index (κ2) is 5.31. The quantitative estimate of drug-likeness (QED) is 0.923. The van der Waals surface area contributed by atoms with Crippen molar-refractivity contribution in [1.82, 2.24) is 4.90 Å². The second-order valence-corrected chi connectivity index (χ2v) is 6.10. The van der Waals surface area contributed by atoms with Crippen molar-refractivity contribution in [1.29, 1.82) is 0 Å². The Morgan fingerprint density at radius 2 is 2.15 bits per heavy atom. The normalized spacial score (nSPS) is 18.1. The second-order valence-electron chi connectivity index (χ2n) is 6.10. The largest absolute Gasteiger partial charge is 0.478 e. The van der Waals surface area contributed by atoms with Crippen molar-refractivity contribution in [2.45, 2.75) is 40.0 Å². The van der Waals surface area contributed by atoms with Gasteiger partial charge in [-0.1, -0.05) is 20.8 Å². The summed E-state index contributed by atoms with van der Waals surface area (Å²) in [4.78, 5) is 25.3. The van der Waals surface area contributed by atoms with E-state index in [-0.39, 0.29) is 22.6 Å². The summed E-state index contributed by atoms with van der Waals surface area (Å²) in [6, 6.07) is 1.35. The van der Waals surface area contributed by atoms with Gasteiger partial charge >= 0.3 is 5.97 Å². The minimum absolute atomic E-state index is 0.0899. The van der Waals surface area contributed by atoms with Gasteiger partial charge in [0.15, 0.2) is 5.76 Å². The number of carboxylic acid groups (broad SMARTS) is 1. The van der Waals surface area contributed by atoms with Crippen LogP contribution in [0.4, 0.5) is 0 Å². The number of hydrogen-bond donors (Lipinski definition) is 1. The molecule has 0 aliphatic carbocycles. The lowest BCUT2D eigenvalue weighted by atomic mass is 9.84. The molecule has 0 unspecified atom stereocenters. The highest BCUT2D eigenvalue weighted by atomic mass is 16.4. The first-order chi connectivity index (χ1) is 9.34. The zero-order valence-corrected chi connectivity index (χ0v) is 12.2. The number of carbonyl (C=O) groups is 2. The molecule has 2 heterocycles. The van der Waals surface area contributed by atoms with E-state index in [0.717, 1.165) is 12.8 Å². The van der Waals surface area contributed by atoms with Crippen LogP contribution in [0.2, 0.25) is 0 Å². The minimum Gasteiger partial charge on any atom is -0.478 e. The van der Waals surface area contributed by atoms with E-state index < -0.39 is 5.97 Å². The van der Waals surface area contributed by atoms with Crippen molar-refractivity contribution in [3.8, 4) is 0 Å². The first-order valence-electron chi connectivity index (χ1n) is 6.99. The summed E-state index contributed by atoms with van der Waals surface area (Å²) >= 11 is 0.